The predicted molar refractivity (Wildman–Crippen MR) is 90.3 cm³/mol. The molecule has 1 amide bonds. The zero-order valence-electron chi connectivity index (χ0n) is 12.1. The third-order valence-electron chi connectivity index (χ3n) is 4.22. The van der Waals surface area contributed by atoms with Crippen LogP contribution in [0.25, 0.3) is 0 Å². The molecule has 0 radical (unpaired) electrons. The molecule has 2 rings (SSSR count). The van der Waals surface area contributed by atoms with Gasteiger partial charge in [-0.1, -0.05) is 25.3 Å². The Hall–Kier alpha value is -1.11. The largest absolute Gasteiger partial charge is 0.481 e. The molecule has 0 aliphatic heterocycles. The first kappa shape index (κ1) is 16.3. The maximum absolute atomic E-state index is 12.2. The summed E-state index contributed by atoms with van der Waals surface area (Å²) in [5.41, 5.74) is 1.01. The van der Waals surface area contributed by atoms with Crippen molar-refractivity contribution in [3.63, 3.8) is 0 Å². The van der Waals surface area contributed by atoms with Crippen LogP contribution in [0.1, 0.15) is 44.1 Å². The molecule has 0 saturated heterocycles. The lowest BCUT2D eigenvalue weighted by Crippen LogP contribution is -2.37. The molecule has 0 spiro atoms. The van der Waals surface area contributed by atoms with Gasteiger partial charge >= 0.3 is 5.97 Å². The summed E-state index contributed by atoms with van der Waals surface area (Å²) in [7, 11) is 0. The summed E-state index contributed by atoms with van der Waals surface area (Å²) in [5, 5.41) is 12.3. The Balaban J connectivity index is 2.05. The van der Waals surface area contributed by atoms with E-state index in [9.17, 15) is 14.7 Å². The monoisotopic (exact) mass is 401 g/mol. The number of amides is 1. The van der Waals surface area contributed by atoms with Crippen LogP contribution in [-0.2, 0) is 9.59 Å². The van der Waals surface area contributed by atoms with Gasteiger partial charge in [0, 0.05) is 15.7 Å². The number of carbonyl (C=O) groups is 2. The van der Waals surface area contributed by atoms with Crippen LogP contribution in [-0.4, -0.2) is 17.0 Å². The minimum absolute atomic E-state index is 0.0623. The van der Waals surface area contributed by atoms with Crippen molar-refractivity contribution < 1.29 is 14.7 Å². The molecule has 0 atom stereocenters. The third-order valence-corrected chi connectivity index (χ3v) is 5.38. The van der Waals surface area contributed by atoms with Crippen LogP contribution >= 0.6 is 22.6 Å². The highest BCUT2D eigenvalue weighted by molar-refractivity contribution is 14.1. The van der Waals surface area contributed by atoms with Crippen molar-refractivity contribution in [2.45, 2.75) is 45.4 Å². The Bertz CT molecular complexity index is 550. The van der Waals surface area contributed by atoms with Gasteiger partial charge in [-0.2, -0.15) is 0 Å². The van der Waals surface area contributed by atoms with Crippen molar-refractivity contribution in [3.8, 4) is 0 Å². The lowest BCUT2D eigenvalue weighted by Gasteiger charge is -2.32. The minimum Gasteiger partial charge on any atom is -0.481 e. The van der Waals surface area contributed by atoms with Gasteiger partial charge < -0.3 is 10.4 Å². The Morgan fingerprint density at radius 1 is 1.29 bits per heavy atom. The highest BCUT2D eigenvalue weighted by Crippen LogP contribution is 2.39. The smallest absolute Gasteiger partial charge is 0.310 e. The summed E-state index contributed by atoms with van der Waals surface area (Å²) >= 11 is 2.22. The van der Waals surface area contributed by atoms with Crippen LogP contribution in [0.4, 0.5) is 5.69 Å². The van der Waals surface area contributed by atoms with Crippen molar-refractivity contribution in [1.29, 1.82) is 0 Å². The molecule has 0 unspecified atom stereocenters. The Morgan fingerprint density at radius 3 is 2.52 bits per heavy atom. The molecule has 0 aromatic heterocycles. The zero-order chi connectivity index (χ0) is 15.5. The molecule has 1 aliphatic carbocycles. The number of aliphatic carboxylic acids is 1. The summed E-state index contributed by atoms with van der Waals surface area (Å²) in [6, 6.07) is 5.71. The minimum atomic E-state index is -0.875. The molecule has 0 bridgehead atoms. The molecule has 2 N–H and O–H groups in total. The van der Waals surface area contributed by atoms with Gasteiger partial charge in [0.25, 0.3) is 0 Å². The third kappa shape index (κ3) is 3.96. The highest BCUT2D eigenvalue weighted by atomic mass is 127. The molecule has 21 heavy (non-hydrogen) atoms. The number of nitrogens with one attached hydrogen (secondary N) is 1. The highest BCUT2D eigenvalue weighted by Gasteiger charge is 2.41. The Morgan fingerprint density at radius 2 is 1.95 bits per heavy atom. The number of carbonyl (C=O) groups excluding carboxylic acids is 1. The van der Waals surface area contributed by atoms with Crippen LogP contribution in [0.2, 0.25) is 0 Å². The van der Waals surface area contributed by atoms with Gasteiger partial charge in [0.15, 0.2) is 0 Å². The average molecular weight is 401 g/mol. The lowest BCUT2D eigenvalue weighted by atomic mass is 9.71. The first-order chi connectivity index (χ1) is 9.93. The summed E-state index contributed by atoms with van der Waals surface area (Å²) < 4.78 is 1.08. The Labute approximate surface area is 138 Å². The summed E-state index contributed by atoms with van der Waals surface area (Å²) in [4.78, 5) is 23.8. The van der Waals surface area contributed by atoms with Crippen LogP contribution < -0.4 is 5.32 Å². The number of hydrogen-bond donors (Lipinski definition) is 2. The van der Waals surface area contributed by atoms with Gasteiger partial charge in [-0.25, -0.2) is 0 Å². The second-order valence-electron chi connectivity index (χ2n) is 5.84. The fourth-order valence-electron chi connectivity index (χ4n) is 2.88. The second-order valence-corrected chi connectivity index (χ2v) is 7.00. The van der Waals surface area contributed by atoms with E-state index < -0.39 is 11.4 Å². The molecule has 4 nitrogen and oxygen atoms in total. The number of carboxylic acids is 1. The Kier molecular flexibility index (Phi) is 5.24. The van der Waals surface area contributed by atoms with E-state index >= 15 is 0 Å². The van der Waals surface area contributed by atoms with Crippen molar-refractivity contribution in [2.24, 2.45) is 5.41 Å². The molecular weight excluding hydrogens is 381 g/mol. The van der Waals surface area contributed by atoms with E-state index in [1.165, 1.54) is 0 Å². The lowest BCUT2D eigenvalue weighted by molar-refractivity contribution is -0.153. The van der Waals surface area contributed by atoms with E-state index in [1.807, 2.05) is 25.1 Å². The van der Waals surface area contributed by atoms with Crippen molar-refractivity contribution in [1.82, 2.24) is 0 Å². The summed E-state index contributed by atoms with van der Waals surface area (Å²) in [6.45, 7) is 2.01. The molecule has 1 fully saturated rings. The first-order valence-corrected chi connectivity index (χ1v) is 8.30. The molecule has 114 valence electrons. The SMILES string of the molecule is Cc1ccc(NC(=O)CC2(C(=O)O)CCCCC2)cc1I. The van der Waals surface area contributed by atoms with Crippen LogP contribution in [0, 0.1) is 15.9 Å². The average Bonchev–Trinajstić information content (AvgIpc) is 2.43. The van der Waals surface area contributed by atoms with Crippen molar-refractivity contribution >= 4 is 40.2 Å². The van der Waals surface area contributed by atoms with Gasteiger partial charge in [0.05, 0.1) is 5.41 Å². The van der Waals surface area contributed by atoms with Gasteiger partial charge in [-0.15, -0.1) is 0 Å². The van der Waals surface area contributed by atoms with E-state index in [1.54, 1.807) is 0 Å². The number of aryl methyl sites for hydroxylation is 1. The molecule has 1 saturated carbocycles. The first-order valence-electron chi connectivity index (χ1n) is 7.22. The molecule has 1 aromatic carbocycles. The van der Waals surface area contributed by atoms with E-state index in [0.29, 0.717) is 12.8 Å². The van der Waals surface area contributed by atoms with Gasteiger partial charge in [-0.3, -0.25) is 9.59 Å². The van der Waals surface area contributed by atoms with Gasteiger partial charge in [0.1, 0.15) is 0 Å². The van der Waals surface area contributed by atoms with Crippen molar-refractivity contribution in [3.05, 3.63) is 27.3 Å². The van der Waals surface area contributed by atoms with Crippen molar-refractivity contribution in [2.75, 3.05) is 5.32 Å². The normalized spacial score (nSPS) is 17.2. The van der Waals surface area contributed by atoms with E-state index in [-0.39, 0.29) is 12.3 Å². The maximum atomic E-state index is 12.2. The standard InChI is InChI=1S/C16H20INO3/c1-11-5-6-12(9-13(11)17)18-14(19)10-16(15(20)21)7-3-2-4-8-16/h5-6,9H,2-4,7-8,10H2,1H3,(H,18,19)(H,20,21). The van der Waals surface area contributed by atoms with E-state index in [0.717, 1.165) is 34.1 Å². The fraction of sp³-hybridized carbons (Fsp3) is 0.500. The molecule has 1 aromatic rings. The van der Waals surface area contributed by atoms with E-state index in [2.05, 4.69) is 27.9 Å². The van der Waals surface area contributed by atoms with Crippen LogP contribution in [0.5, 0.6) is 0 Å². The quantitative estimate of drug-likeness (QED) is 0.751. The zero-order valence-corrected chi connectivity index (χ0v) is 14.3. The van der Waals surface area contributed by atoms with Gasteiger partial charge in [-0.05, 0) is 60.1 Å². The second kappa shape index (κ2) is 6.77. The van der Waals surface area contributed by atoms with Crippen LogP contribution in [0.3, 0.4) is 0 Å². The molecule has 5 heteroatoms. The number of carboxylic acid groups (broad SMARTS) is 1. The summed E-state index contributed by atoms with van der Waals surface area (Å²) in [6.07, 6.45) is 4.10. The number of benzene rings is 1. The number of hydrogen-bond acceptors (Lipinski definition) is 2. The topological polar surface area (TPSA) is 66.4 Å². The van der Waals surface area contributed by atoms with E-state index in [4.69, 9.17) is 0 Å². The molecular formula is C16H20INO3. The van der Waals surface area contributed by atoms with Gasteiger partial charge in [0.2, 0.25) is 5.91 Å². The molecule has 1 aliphatic rings. The number of rotatable bonds is 4. The fourth-order valence-corrected chi connectivity index (χ4v) is 3.39. The predicted octanol–water partition coefficient (Wildman–Crippen LogP) is 3.96. The van der Waals surface area contributed by atoms with Crippen LogP contribution in [0.15, 0.2) is 18.2 Å². The maximum Gasteiger partial charge on any atom is 0.310 e. The molecule has 0 heterocycles. The summed E-state index contributed by atoms with van der Waals surface area (Å²) in [5.74, 6) is -1.05. The number of halogens is 1. The number of anilines is 1.